The molecule has 2 atom stereocenters. The fourth-order valence-corrected chi connectivity index (χ4v) is 2.29. The van der Waals surface area contributed by atoms with E-state index in [1.165, 1.54) is 12.0 Å². The first-order valence-corrected chi connectivity index (χ1v) is 6.69. The van der Waals surface area contributed by atoms with Gasteiger partial charge in [-0.25, -0.2) is 4.79 Å². The van der Waals surface area contributed by atoms with E-state index in [1.54, 1.807) is 0 Å². The summed E-state index contributed by atoms with van der Waals surface area (Å²) < 4.78 is 9.92. The molecule has 0 aliphatic carbocycles. The second-order valence-corrected chi connectivity index (χ2v) is 4.86. The molecular formula is C12H20N2O4S. The number of nitrogens with two attached hydrogens (primary N) is 1. The third kappa shape index (κ3) is 3.87. The van der Waals surface area contributed by atoms with Crippen molar-refractivity contribution in [1.82, 2.24) is 4.90 Å². The lowest BCUT2D eigenvalue weighted by molar-refractivity contribution is -0.161. The Morgan fingerprint density at radius 1 is 1.58 bits per heavy atom. The summed E-state index contributed by atoms with van der Waals surface area (Å²) in [5, 5.41) is 0. The fourth-order valence-electron chi connectivity index (χ4n) is 2.08. The van der Waals surface area contributed by atoms with Crippen LogP contribution in [0.1, 0.15) is 19.8 Å². The van der Waals surface area contributed by atoms with Crippen molar-refractivity contribution in [2.24, 2.45) is 11.7 Å². The molecule has 1 heterocycles. The van der Waals surface area contributed by atoms with Crippen LogP contribution in [0.15, 0.2) is 0 Å². The summed E-state index contributed by atoms with van der Waals surface area (Å²) in [6.45, 7) is 2.85. The van der Waals surface area contributed by atoms with Crippen LogP contribution in [-0.2, 0) is 19.1 Å². The summed E-state index contributed by atoms with van der Waals surface area (Å²) in [5.41, 5.74) is 5.62. The Kier molecular flexibility index (Phi) is 6.17. The molecule has 0 aromatic heterocycles. The molecule has 0 spiro atoms. The van der Waals surface area contributed by atoms with Gasteiger partial charge in [0.25, 0.3) is 0 Å². The molecule has 2 N–H and O–H groups in total. The van der Waals surface area contributed by atoms with Gasteiger partial charge in [-0.2, -0.15) is 0 Å². The maximum Gasteiger partial charge on any atom is 0.331 e. The highest BCUT2D eigenvalue weighted by Gasteiger charge is 2.37. The molecule has 1 rings (SSSR count). The molecule has 1 aliphatic rings. The van der Waals surface area contributed by atoms with Gasteiger partial charge in [0.1, 0.15) is 0 Å². The molecule has 0 aromatic rings. The zero-order valence-corrected chi connectivity index (χ0v) is 12.1. The Morgan fingerprint density at radius 2 is 2.26 bits per heavy atom. The Balaban J connectivity index is 2.86. The van der Waals surface area contributed by atoms with Crippen LogP contribution >= 0.6 is 12.2 Å². The van der Waals surface area contributed by atoms with Gasteiger partial charge in [-0.05, 0) is 6.42 Å². The number of carbonyl (C=O) groups is 2. The Labute approximate surface area is 118 Å². The van der Waals surface area contributed by atoms with E-state index in [0.29, 0.717) is 19.6 Å². The molecule has 108 valence electrons. The zero-order valence-electron chi connectivity index (χ0n) is 11.3. The second-order valence-electron chi connectivity index (χ2n) is 4.39. The second kappa shape index (κ2) is 7.40. The normalized spacial score (nSPS) is 20.7. The third-order valence-corrected chi connectivity index (χ3v) is 3.39. The van der Waals surface area contributed by atoms with Crippen LogP contribution in [0.2, 0.25) is 0 Å². The van der Waals surface area contributed by atoms with Gasteiger partial charge >= 0.3 is 5.97 Å². The first-order valence-electron chi connectivity index (χ1n) is 6.28. The van der Waals surface area contributed by atoms with E-state index >= 15 is 0 Å². The first-order chi connectivity index (χ1) is 9.02. The maximum absolute atomic E-state index is 12.5. The number of amides is 1. The van der Waals surface area contributed by atoms with Crippen LogP contribution in [0.3, 0.4) is 0 Å². The van der Waals surface area contributed by atoms with Crippen LogP contribution in [0.25, 0.3) is 0 Å². The van der Waals surface area contributed by atoms with Gasteiger partial charge in [-0.3, -0.25) is 4.79 Å². The smallest absolute Gasteiger partial charge is 0.331 e. The van der Waals surface area contributed by atoms with Crippen LogP contribution in [-0.4, -0.2) is 54.7 Å². The highest BCUT2D eigenvalue weighted by molar-refractivity contribution is 7.80. The van der Waals surface area contributed by atoms with Crippen molar-refractivity contribution in [2.75, 3.05) is 26.9 Å². The molecule has 19 heavy (non-hydrogen) atoms. The molecule has 6 nitrogen and oxygen atoms in total. The average Bonchev–Trinajstić information content (AvgIpc) is 2.42. The molecule has 7 heteroatoms. The topological polar surface area (TPSA) is 81.9 Å². The molecule has 0 saturated carbocycles. The quantitative estimate of drug-likeness (QED) is 0.570. The van der Waals surface area contributed by atoms with Gasteiger partial charge in [0.05, 0.1) is 31.2 Å². The van der Waals surface area contributed by atoms with E-state index in [-0.39, 0.29) is 17.5 Å². The third-order valence-electron chi connectivity index (χ3n) is 3.10. The van der Waals surface area contributed by atoms with E-state index in [4.69, 9.17) is 27.4 Å². The van der Waals surface area contributed by atoms with Crippen molar-refractivity contribution in [3.8, 4) is 0 Å². The zero-order chi connectivity index (χ0) is 14.4. The van der Waals surface area contributed by atoms with Crippen LogP contribution in [0.4, 0.5) is 0 Å². The highest BCUT2D eigenvalue weighted by Crippen LogP contribution is 2.17. The minimum absolute atomic E-state index is 0.147. The number of hydrogen-bond acceptors (Lipinski definition) is 5. The van der Waals surface area contributed by atoms with E-state index in [2.05, 4.69) is 0 Å². The van der Waals surface area contributed by atoms with Crippen molar-refractivity contribution < 1.29 is 19.1 Å². The molecule has 1 amide bonds. The number of nitrogens with zero attached hydrogens (tertiary/aromatic N) is 1. The number of esters is 1. The van der Waals surface area contributed by atoms with Gasteiger partial charge in [-0.15, -0.1) is 0 Å². The summed E-state index contributed by atoms with van der Waals surface area (Å²) in [6, 6.07) is -0.708. The number of ether oxygens (including phenoxy) is 2. The first kappa shape index (κ1) is 15.8. The van der Waals surface area contributed by atoms with Crippen molar-refractivity contribution in [1.29, 1.82) is 0 Å². The lowest BCUT2D eigenvalue weighted by Crippen LogP contribution is -2.55. The summed E-state index contributed by atoms with van der Waals surface area (Å²) in [5.74, 6) is -1.22. The van der Waals surface area contributed by atoms with Crippen molar-refractivity contribution >= 4 is 29.1 Å². The number of morpholine rings is 1. The van der Waals surface area contributed by atoms with Gasteiger partial charge in [0.15, 0.2) is 6.04 Å². The maximum atomic E-state index is 12.5. The summed E-state index contributed by atoms with van der Waals surface area (Å²) in [7, 11) is 1.29. The van der Waals surface area contributed by atoms with E-state index in [0.717, 1.165) is 6.42 Å². The predicted molar refractivity (Wildman–Crippen MR) is 73.5 cm³/mol. The molecule has 2 unspecified atom stereocenters. The van der Waals surface area contributed by atoms with E-state index < -0.39 is 17.9 Å². The number of carbonyl (C=O) groups excluding carboxylic acids is 2. The molecule has 0 aromatic carbocycles. The standard InChI is InChI=1S/C12H20N2O4S/c1-3-4-8(10(13)19)11(15)14-5-6-18-7-9(14)12(16)17-2/h8-9H,3-7H2,1-2H3,(H2,13,19). The minimum Gasteiger partial charge on any atom is -0.467 e. The Hall–Kier alpha value is -1.21. The molecular weight excluding hydrogens is 268 g/mol. The molecule has 0 radical (unpaired) electrons. The van der Waals surface area contributed by atoms with Gasteiger partial charge < -0.3 is 20.1 Å². The number of rotatable bonds is 5. The van der Waals surface area contributed by atoms with Gasteiger partial charge in [0, 0.05) is 6.54 Å². The highest BCUT2D eigenvalue weighted by atomic mass is 32.1. The summed E-state index contributed by atoms with van der Waals surface area (Å²) in [4.78, 5) is 25.8. The monoisotopic (exact) mass is 288 g/mol. The molecule has 0 bridgehead atoms. The molecule has 1 fully saturated rings. The minimum atomic E-state index is -0.708. The lowest BCUT2D eigenvalue weighted by Gasteiger charge is -2.35. The fraction of sp³-hybridized carbons (Fsp3) is 0.750. The van der Waals surface area contributed by atoms with Gasteiger partial charge in [-0.1, -0.05) is 25.6 Å². The Bertz CT molecular complexity index is 362. The summed E-state index contributed by atoms with van der Waals surface area (Å²) >= 11 is 4.94. The van der Waals surface area contributed by atoms with Crippen LogP contribution < -0.4 is 5.73 Å². The van der Waals surface area contributed by atoms with Crippen molar-refractivity contribution in [2.45, 2.75) is 25.8 Å². The number of hydrogen-bond donors (Lipinski definition) is 1. The molecule has 1 aliphatic heterocycles. The molecule has 1 saturated heterocycles. The van der Waals surface area contributed by atoms with Crippen molar-refractivity contribution in [3.05, 3.63) is 0 Å². The lowest BCUT2D eigenvalue weighted by atomic mass is 10.0. The predicted octanol–water partition coefficient (Wildman–Crippen LogP) is 0.0892. The summed E-state index contributed by atoms with van der Waals surface area (Å²) in [6.07, 6.45) is 1.38. The number of methoxy groups -OCH3 is 1. The van der Waals surface area contributed by atoms with E-state index in [9.17, 15) is 9.59 Å². The SMILES string of the molecule is CCCC(C(=O)N1CCOCC1C(=O)OC)C(N)=S. The van der Waals surface area contributed by atoms with Gasteiger partial charge in [0.2, 0.25) is 5.91 Å². The average molecular weight is 288 g/mol. The van der Waals surface area contributed by atoms with Crippen molar-refractivity contribution in [3.63, 3.8) is 0 Å². The number of thiocarbonyl (C=S) groups is 1. The van der Waals surface area contributed by atoms with E-state index in [1.807, 2.05) is 6.92 Å². The van der Waals surface area contributed by atoms with Crippen LogP contribution in [0.5, 0.6) is 0 Å². The largest absolute Gasteiger partial charge is 0.467 e. The Morgan fingerprint density at radius 3 is 2.79 bits per heavy atom. The van der Waals surface area contributed by atoms with Crippen LogP contribution in [0, 0.1) is 5.92 Å².